The Bertz CT molecular complexity index is 1040. The average Bonchev–Trinajstić information content (AvgIpc) is 3.10. The van der Waals surface area contributed by atoms with E-state index in [9.17, 15) is 4.79 Å². The van der Waals surface area contributed by atoms with E-state index < -0.39 is 0 Å². The topological polar surface area (TPSA) is 83.6 Å². The summed E-state index contributed by atoms with van der Waals surface area (Å²) in [6.45, 7) is 6.61. The molecule has 0 aliphatic rings. The predicted molar refractivity (Wildman–Crippen MR) is 111 cm³/mol. The number of nitrogens with one attached hydrogen (secondary N) is 1. The van der Waals surface area contributed by atoms with Gasteiger partial charge in [-0.3, -0.25) is 4.79 Å². The molecule has 6 nitrogen and oxygen atoms in total. The summed E-state index contributed by atoms with van der Waals surface area (Å²) in [6.07, 6.45) is 0. The molecular formula is C21H21N5OS. The summed E-state index contributed by atoms with van der Waals surface area (Å²) in [6, 6.07) is 17.0. The van der Waals surface area contributed by atoms with Crippen LogP contribution < -0.4 is 5.32 Å². The number of carbonyl (C=O) groups excluding carboxylic acids is 1. The highest BCUT2D eigenvalue weighted by Crippen LogP contribution is 2.28. The Morgan fingerprint density at radius 2 is 2.04 bits per heavy atom. The lowest BCUT2D eigenvalue weighted by Gasteiger charge is -2.13. The van der Waals surface area contributed by atoms with E-state index >= 15 is 0 Å². The maximum atomic E-state index is 12.6. The fourth-order valence-electron chi connectivity index (χ4n) is 2.81. The lowest BCUT2D eigenvalue weighted by atomic mass is 10.1. The SMILES string of the molecule is CCn1c(SC(C)C(=O)Nc2cccc(C#N)c2)nnc1-c1ccccc1C. The number of carbonyl (C=O) groups is 1. The summed E-state index contributed by atoms with van der Waals surface area (Å²) in [5.74, 6) is 0.653. The second kappa shape index (κ2) is 8.72. The van der Waals surface area contributed by atoms with Crippen molar-refractivity contribution in [2.24, 2.45) is 0 Å². The van der Waals surface area contributed by atoms with Gasteiger partial charge in [0.15, 0.2) is 11.0 Å². The Kier molecular flexibility index (Phi) is 6.12. The minimum Gasteiger partial charge on any atom is -0.325 e. The van der Waals surface area contributed by atoms with Crippen LogP contribution in [0.15, 0.2) is 53.7 Å². The predicted octanol–water partition coefficient (Wildman–Crippen LogP) is 4.26. The lowest BCUT2D eigenvalue weighted by molar-refractivity contribution is -0.115. The van der Waals surface area contributed by atoms with Gasteiger partial charge in [0.25, 0.3) is 0 Å². The number of hydrogen-bond donors (Lipinski definition) is 1. The Balaban J connectivity index is 1.77. The van der Waals surface area contributed by atoms with Crippen molar-refractivity contribution in [2.75, 3.05) is 5.32 Å². The Labute approximate surface area is 168 Å². The Morgan fingerprint density at radius 1 is 1.25 bits per heavy atom. The number of aromatic nitrogens is 3. The van der Waals surface area contributed by atoms with Gasteiger partial charge in [-0.2, -0.15) is 5.26 Å². The summed E-state index contributed by atoms with van der Waals surface area (Å²) < 4.78 is 2.02. The van der Waals surface area contributed by atoms with Gasteiger partial charge in [0.05, 0.1) is 16.9 Å². The van der Waals surface area contributed by atoms with Crippen LogP contribution in [0.1, 0.15) is 25.0 Å². The quantitative estimate of drug-likeness (QED) is 0.635. The average molecular weight is 392 g/mol. The Hall–Kier alpha value is -3.11. The molecule has 1 unspecified atom stereocenters. The van der Waals surface area contributed by atoms with E-state index in [1.165, 1.54) is 11.8 Å². The summed E-state index contributed by atoms with van der Waals surface area (Å²) in [5.41, 5.74) is 3.28. The first kappa shape index (κ1) is 19.6. The second-order valence-electron chi connectivity index (χ2n) is 6.31. The third-order valence-corrected chi connectivity index (χ3v) is 5.41. The molecule has 1 atom stereocenters. The van der Waals surface area contributed by atoms with Gasteiger partial charge < -0.3 is 9.88 Å². The van der Waals surface area contributed by atoms with Crippen LogP contribution in [0.4, 0.5) is 5.69 Å². The number of amides is 1. The largest absolute Gasteiger partial charge is 0.325 e. The van der Waals surface area contributed by atoms with Crippen molar-refractivity contribution in [1.82, 2.24) is 14.8 Å². The number of anilines is 1. The molecule has 3 rings (SSSR count). The maximum Gasteiger partial charge on any atom is 0.237 e. The molecule has 0 aliphatic heterocycles. The number of thioether (sulfide) groups is 1. The number of hydrogen-bond acceptors (Lipinski definition) is 5. The molecular weight excluding hydrogens is 370 g/mol. The number of benzene rings is 2. The van der Waals surface area contributed by atoms with Crippen LogP contribution in [-0.2, 0) is 11.3 Å². The minimum absolute atomic E-state index is 0.150. The van der Waals surface area contributed by atoms with E-state index in [4.69, 9.17) is 5.26 Å². The fourth-order valence-corrected chi connectivity index (χ4v) is 3.72. The van der Waals surface area contributed by atoms with E-state index in [2.05, 4.69) is 21.6 Å². The zero-order chi connectivity index (χ0) is 20.1. The monoisotopic (exact) mass is 391 g/mol. The van der Waals surface area contributed by atoms with Crippen molar-refractivity contribution in [1.29, 1.82) is 5.26 Å². The van der Waals surface area contributed by atoms with E-state index in [1.807, 2.05) is 49.6 Å². The zero-order valence-corrected chi connectivity index (χ0v) is 16.8. The van der Waals surface area contributed by atoms with E-state index in [0.717, 1.165) is 17.0 Å². The van der Waals surface area contributed by atoms with Crippen LogP contribution in [-0.4, -0.2) is 25.9 Å². The summed E-state index contributed by atoms with van der Waals surface area (Å²) in [7, 11) is 0. The highest BCUT2D eigenvalue weighted by molar-refractivity contribution is 8.00. The molecule has 3 aromatic rings. The van der Waals surface area contributed by atoms with Gasteiger partial charge in [-0.1, -0.05) is 42.1 Å². The number of rotatable bonds is 6. The van der Waals surface area contributed by atoms with Gasteiger partial charge in [-0.15, -0.1) is 10.2 Å². The molecule has 1 amide bonds. The normalized spacial score (nSPS) is 11.6. The van der Waals surface area contributed by atoms with Crippen LogP contribution in [0.25, 0.3) is 11.4 Å². The number of nitrogens with zero attached hydrogens (tertiary/aromatic N) is 4. The van der Waals surface area contributed by atoms with Crippen LogP contribution in [0.2, 0.25) is 0 Å². The molecule has 0 bridgehead atoms. The zero-order valence-electron chi connectivity index (χ0n) is 16.0. The molecule has 1 aromatic heterocycles. The van der Waals surface area contributed by atoms with Crippen molar-refractivity contribution in [3.05, 3.63) is 59.7 Å². The van der Waals surface area contributed by atoms with Crippen LogP contribution in [0, 0.1) is 18.3 Å². The van der Waals surface area contributed by atoms with E-state index in [1.54, 1.807) is 24.3 Å². The highest BCUT2D eigenvalue weighted by Gasteiger charge is 2.21. The maximum absolute atomic E-state index is 12.6. The molecule has 0 fully saturated rings. The minimum atomic E-state index is -0.370. The van der Waals surface area contributed by atoms with Gasteiger partial charge in [0.2, 0.25) is 5.91 Å². The number of nitriles is 1. The van der Waals surface area contributed by atoms with Gasteiger partial charge >= 0.3 is 0 Å². The third-order valence-electron chi connectivity index (χ3n) is 4.33. The first-order valence-electron chi connectivity index (χ1n) is 9.00. The van der Waals surface area contributed by atoms with Crippen molar-refractivity contribution < 1.29 is 4.79 Å². The summed E-state index contributed by atoms with van der Waals surface area (Å²) in [4.78, 5) is 12.6. The van der Waals surface area contributed by atoms with Crippen LogP contribution >= 0.6 is 11.8 Å². The van der Waals surface area contributed by atoms with Gasteiger partial charge in [0.1, 0.15) is 0 Å². The van der Waals surface area contributed by atoms with Crippen molar-refractivity contribution in [2.45, 2.75) is 37.7 Å². The number of aryl methyl sites for hydroxylation is 1. The van der Waals surface area contributed by atoms with Crippen molar-refractivity contribution in [3.8, 4) is 17.5 Å². The van der Waals surface area contributed by atoms with Gasteiger partial charge in [0, 0.05) is 17.8 Å². The highest BCUT2D eigenvalue weighted by atomic mass is 32.2. The standard InChI is InChI=1S/C21H21N5OS/c1-4-26-19(18-11-6-5-8-14(18)2)24-25-21(26)28-15(3)20(27)23-17-10-7-9-16(12-17)13-22/h5-12,15H,4H2,1-3H3,(H,23,27). The second-order valence-corrected chi connectivity index (χ2v) is 7.62. The lowest BCUT2D eigenvalue weighted by Crippen LogP contribution is -2.23. The molecule has 7 heteroatoms. The molecule has 0 aliphatic carbocycles. The third kappa shape index (κ3) is 4.24. The molecule has 1 N–H and O–H groups in total. The first-order valence-corrected chi connectivity index (χ1v) is 9.88. The molecule has 0 radical (unpaired) electrons. The molecule has 0 saturated heterocycles. The molecule has 142 valence electrons. The molecule has 2 aromatic carbocycles. The smallest absolute Gasteiger partial charge is 0.237 e. The molecule has 28 heavy (non-hydrogen) atoms. The van der Waals surface area contributed by atoms with E-state index in [-0.39, 0.29) is 11.2 Å². The fraction of sp³-hybridized carbons (Fsp3) is 0.238. The summed E-state index contributed by atoms with van der Waals surface area (Å²) >= 11 is 1.37. The molecule has 0 spiro atoms. The molecule has 0 saturated carbocycles. The van der Waals surface area contributed by atoms with Crippen molar-refractivity contribution >= 4 is 23.4 Å². The van der Waals surface area contributed by atoms with Gasteiger partial charge in [-0.25, -0.2) is 0 Å². The van der Waals surface area contributed by atoms with Gasteiger partial charge in [-0.05, 0) is 44.5 Å². The Morgan fingerprint density at radius 3 is 2.75 bits per heavy atom. The molecule has 1 heterocycles. The summed E-state index contributed by atoms with van der Waals surface area (Å²) in [5, 5.41) is 20.9. The van der Waals surface area contributed by atoms with Crippen LogP contribution in [0.5, 0.6) is 0 Å². The van der Waals surface area contributed by atoms with Crippen molar-refractivity contribution in [3.63, 3.8) is 0 Å². The first-order chi connectivity index (χ1) is 13.5. The van der Waals surface area contributed by atoms with Crippen LogP contribution in [0.3, 0.4) is 0 Å². The van der Waals surface area contributed by atoms with E-state index in [0.29, 0.717) is 23.0 Å².